The molecule has 0 bridgehead atoms. The first-order valence-electron chi connectivity index (χ1n) is 7.94. The number of hydrogen-bond acceptors (Lipinski definition) is 3. The Hall–Kier alpha value is -3.06. The van der Waals surface area contributed by atoms with Crippen molar-refractivity contribution in [2.24, 2.45) is 0 Å². The van der Waals surface area contributed by atoms with Crippen LogP contribution in [0.1, 0.15) is 25.3 Å². The quantitative estimate of drug-likeness (QED) is 0.467. The van der Waals surface area contributed by atoms with Crippen LogP contribution in [0, 0.1) is 11.3 Å². The zero-order chi connectivity index (χ0) is 17.2. The third-order valence-corrected chi connectivity index (χ3v) is 3.37. The van der Waals surface area contributed by atoms with Crippen molar-refractivity contribution >= 4 is 17.7 Å². The summed E-state index contributed by atoms with van der Waals surface area (Å²) in [5.41, 5.74) is 1.40. The van der Waals surface area contributed by atoms with Gasteiger partial charge in [-0.2, -0.15) is 5.26 Å². The van der Waals surface area contributed by atoms with Gasteiger partial charge in [-0.15, -0.1) is 0 Å². The number of carbonyl (C=O) groups excluding carboxylic acids is 1. The molecule has 4 nitrogen and oxygen atoms in total. The van der Waals surface area contributed by atoms with Gasteiger partial charge in [0, 0.05) is 11.3 Å². The normalized spacial score (nSPS) is 10.8. The lowest BCUT2D eigenvalue weighted by atomic mass is 10.1. The number of rotatable bonds is 7. The van der Waals surface area contributed by atoms with Crippen molar-refractivity contribution in [1.82, 2.24) is 0 Å². The molecule has 0 spiro atoms. The van der Waals surface area contributed by atoms with Crippen LogP contribution in [0.15, 0.2) is 60.2 Å². The van der Waals surface area contributed by atoms with E-state index >= 15 is 0 Å². The minimum Gasteiger partial charge on any atom is -0.493 e. The second-order valence-electron chi connectivity index (χ2n) is 5.23. The minimum absolute atomic E-state index is 0.0328. The molecule has 1 N–H and O–H groups in total. The predicted molar refractivity (Wildman–Crippen MR) is 95.5 cm³/mol. The van der Waals surface area contributed by atoms with Crippen LogP contribution in [0.3, 0.4) is 0 Å². The lowest BCUT2D eigenvalue weighted by Gasteiger charge is -2.09. The highest BCUT2D eigenvalue weighted by Gasteiger charge is 2.11. The second-order valence-corrected chi connectivity index (χ2v) is 5.23. The zero-order valence-corrected chi connectivity index (χ0v) is 13.7. The molecule has 0 aliphatic heterocycles. The van der Waals surface area contributed by atoms with Crippen LogP contribution >= 0.6 is 0 Å². The Labute approximate surface area is 142 Å². The van der Waals surface area contributed by atoms with Gasteiger partial charge >= 0.3 is 0 Å². The van der Waals surface area contributed by atoms with E-state index in [4.69, 9.17) is 4.74 Å². The van der Waals surface area contributed by atoms with Crippen LogP contribution in [-0.2, 0) is 4.79 Å². The molecule has 0 radical (unpaired) electrons. The van der Waals surface area contributed by atoms with E-state index in [0.717, 1.165) is 12.8 Å². The van der Waals surface area contributed by atoms with Crippen molar-refractivity contribution in [3.8, 4) is 11.8 Å². The third kappa shape index (κ3) is 4.99. The molecule has 0 heterocycles. The Kier molecular flexibility index (Phi) is 6.60. The number of para-hydroxylation sites is 2. The molecule has 24 heavy (non-hydrogen) atoms. The smallest absolute Gasteiger partial charge is 0.266 e. The molecule has 2 aromatic rings. The first-order chi connectivity index (χ1) is 11.7. The van der Waals surface area contributed by atoms with Gasteiger partial charge in [0.1, 0.15) is 17.4 Å². The highest BCUT2D eigenvalue weighted by Crippen LogP contribution is 2.21. The van der Waals surface area contributed by atoms with Gasteiger partial charge in [0.05, 0.1) is 6.61 Å². The highest BCUT2D eigenvalue weighted by atomic mass is 16.5. The number of benzene rings is 2. The number of nitrogens with zero attached hydrogens (tertiary/aromatic N) is 1. The monoisotopic (exact) mass is 320 g/mol. The number of carbonyl (C=O) groups is 1. The first-order valence-corrected chi connectivity index (χ1v) is 7.94. The molecule has 1 amide bonds. The third-order valence-electron chi connectivity index (χ3n) is 3.37. The van der Waals surface area contributed by atoms with Crippen molar-refractivity contribution in [3.63, 3.8) is 0 Å². The summed E-state index contributed by atoms with van der Waals surface area (Å²) in [5, 5.41) is 12.0. The summed E-state index contributed by atoms with van der Waals surface area (Å²) in [6, 6.07) is 18.4. The van der Waals surface area contributed by atoms with Crippen molar-refractivity contribution in [2.75, 3.05) is 11.9 Å². The summed E-state index contributed by atoms with van der Waals surface area (Å²) >= 11 is 0. The Balaban J connectivity index is 2.18. The number of hydrogen-bond donors (Lipinski definition) is 1. The fraction of sp³-hybridized carbons (Fsp3) is 0.200. The first kappa shape index (κ1) is 17.3. The lowest BCUT2D eigenvalue weighted by molar-refractivity contribution is -0.112. The number of nitriles is 1. The summed E-state index contributed by atoms with van der Waals surface area (Å²) in [6.45, 7) is 2.70. The van der Waals surface area contributed by atoms with Gasteiger partial charge in [-0.25, -0.2) is 0 Å². The number of anilines is 1. The van der Waals surface area contributed by atoms with E-state index < -0.39 is 5.91 Å². The van der Waals surface area contributed by atoms with Gasteiger partial charge in [0.2, 0.25) is 0 Å². The molecular formula is C20H20N2O2. The van der Waals surface area contributed by atoms with Crippen molar-refractivity contribution in [1.29, 1.82) is 5.26 Å². The molecule has 0 aliphatic carbocycles. The SMILES string of the molecule is CCCCOc1ccccc1/C=C(\C#N)C(=O)Nc1ccccc1. The molecule has 0 saturated carbocycles. The Morgan fingerprint density at radius 1 is 1.17 bits per heavy atom. The van der Waals surface area contributed by atoms with Crippen molar-refractivity contribution in [2.45, 2.75) is 19.8 Å². The minimum atomic E-state index is -0.438. The molecule has 0 aromatic heterocycles. The van der Waals surface area contributed by atoms with E-state index in [1.807, 2.05) is 48.5 Å². The Morgan fingerprint density at radius 3 is 2.58 bits per heavy atom. The molecule has 122 valence electrons. The summed E-state index contributed by atoms with van der Waals surface area (Å²) < 4.78 is 5.74. The van der Waals surface area contributed by atoms with Crippen molar-refractivity contribution in [3.05, 3.63) is 65.7 Å². The van der Waals surface area contributed by atoms with Gasteiger partial charge in [-0.3, -0.25) is 4.79 Å². The molecule has 2 rings (SSSR count). The molecule has 0 unspecified atom stereocenters. The molecule has 0 atom stereocenters. The van der Waals surface area contributed by atoms with Crippen LogP contribution in [0.5, 0.6) is 5.75 Å². The maximum Gasteiger partial charge on any atom is 0.266 e. The Bertz CT molecular complexity index is 746. The van der Waals surface area contributed by atoms with Crippen LogP contribution in [-0.4, -0.2) is 12.5 Å². The van der Waals surface area contributed by atoms with Crippen LogP contribution < -0.4 is 10.1 Å². The molecule has 2 aromatic carbocycles. The van der Waals surface area contributed by atoms with Gasteiger partial charge in [0.15, 0.2) is 0 Å². The summed E-state index contributed by atoms with van der Waals surface area (Å²) in [5.74, 6) is 0.235. The highest BCUT2D eigenvalue weighted by molar-refractivity contribution is 6.09. The predicted octanol–water partition coefficient (Wildman–Crippen LogP) is 4.41. The molecular weight excluding hydrogens is 300 g/mol. The van der Waals surface area contributed by atoms with E-state index in [1.54, 1.807) is 18.2 Å². The summed E-state index contributed by atoms with van der Waals surface area (Å²) in [4.78, 5) is 12.3. The Morgan fingerprint density at radius 2 is 1.88 bits per heavy atom. The standard InChI is InChI=1S/C20H20N2O2/c1-2-3-13-24-19-12-8-7-9-16(19)14-17(15-21)20(23)22-18-10-5-4-6-11-18/h4-12,14H,2-3,13H2,1H3,(H,22,23)/b17-14+. The maximum absolute atomic E-state index is 12.3. The van der Waals surface area contributed by atoms with E-state index in [-0.39, 0.29) is 5.57 Å². The number of ether oxygens (including phenoxy) is 1. The molecule has 0 aliphatic rings. The van der Waals surface area contributed by atoms with Crippen LogP contribution in [0.25, 0.3) is 6.08 Å². The van der Waals surface area contributed by atoms with Crippen LogP contribution in [0.2, 0.25) is 0 Å². The molecule has 4 heteroatoms. The fourth-order valence-corrected chi connectivity index (χ4v) is 2.08. The second kappa shape index (κ2) is 9.16. The van der Waals surface area contributed by atoms with E-state index in [1.165, 1.54) is 0 Å². The van der Waals surface area contributed by atoms with Gasteiger partial charge in [0.25, 0.3) is 5.91 Å². The summed E-state index contributed by atoms with van der Waals surface area (Å²) in [6.07, 6.45) is 3.55. The average molecular weight is 320 g/mol. The van der Waals surface area contributed by atoms with Gasteiger partial charge < -0.3 is 10.1 Å². The van der Waals surface area contributed by atoms with E-state index in [9.17, 15) is 10.1 Å². The van der Waals surface area contributed by atoms with Crippen molar-refractivity contribution < 1.29 is 9.53 Å². The topological polar surface area (TPSA) is 62.1 Å². The fourth-order valence-electron chi connectivity index (χ4n) is 2.08. The average Bonchev–Trinajstić information content (AvgIpc) is 2.61. The number of unbranched alkanes of at least 4 members (excludes halogenated alkanes) is 1. The zero-order valence-electron chi connectivity index (χ0n) is 13.7. The number of amides is 1. The van der Waals surface area contributed by atoms with Gasteiger partial charge in [-0.1, -0.05) is 49.7 Å². The molecule has 0 fully saturated rings. The number of nitrogens with one attached hydrogen (secondary N) is 1. The maximum atomic E-state index is 12.3. The van der Waals surface area contributed by atoms with Gasteiger partial charge in [-0.05, 0) is 30.7 Å². The summed E-state index contributed by atoms with van der Waals surface area (Å²) in [7, 11) is 0. The lowest BCUT2D eigenvalue weighted by Crippen LogP contribution is -2.13. The van der Waals surface area contributed by atoms with E-state index in [2.05, 4.69) is 12.2 Å². The largest absolute Gasteiger partial charge is 0.493 e. The van der Waals surface area contributed by atoms with Crippen LogP contribution in [0.4, 0.5) is 5.69 Å². The molecule has 0 saturated heterocycles. The van der Waals surface area contributed by atoms with E-state index in [0.29, 0.717) is 23.6 Å².